The van der Waals surface area contributed by atoms with Crippen LogP contribution in [0, 0.1) is 0 Å². The van der Waals surface area contributed by atoms with Crippen LogP contribution in [0.4, 0.5) is 0 Å². The fraction of sp³-hybridized carbons (Fsp3) is 0.125. The number of benzene rings is 2. The predicted molar refractivity (Wildman–Crippen MR) is 124 cm³/mol. The van der Waals surface area contributed by atoms with E-state index in [4.69, 9.17) is 16.2 Å². The maximum absolute atomic E-state index is 13.3. The Morgan fingerprint density at radius 2 is 1.69 bits per heavy atom. The molecule has 2 heterocycles. The monoisotopic (exact) mass is 447 g/mol. The third-order valence-electron chi connectivity index (χ3n) is 5.14. The predicted octanol–water partition coefficient (Wildman–Crippen LogP) is 0.862. The molecule has 0 saturated heterocycles. The number of amides is 1. The molecule has 4 N–H and O–H groups in total. The zero-order valence-corrected chi connectivity index (χ0v) is 18.1. The van der Waals surface area contributed by atoms with Crippen molar-refractivity contribution >= 4 is 40.7 Å². The topological polar surface area (TPSA) is 117 Å². The van der Waals surface area contributed by atoms with Gasteiger partial charge in [-0.25, -0.2) is 4.79 Å². The fourth-order valence-corrected chi connectivity index (χ4v) is 4.95. The summed E-state index contributed by atoms with van der Waals surface area (Å²) in [5.74, 6) is -2.37. The number of fused-ring (bicyclic) bond motifs is 1. The van der Waals surface area contributed by atoms with Crippen LogP contribution in [0.5, 0.6) is 0 Å². The summed E-state index contributed by atoms with van der Waals surface area (Å²) >= 11 is 1.13. The Morgan fingerprint density at radius 1 is 1.06 bits per heavy atom. The smallest absolute Gasteiger partial charge is 0.337 e. The van der Waals surface area contributed by atoms with Gasteiger partial charge in [0.15, 0.2) is 0 Å². The van der Waals surface area contributed by atoms with Gasteiger partial charge in [-0.1, -0.05) is 60.7 Å². The Balaban J connectivity index is 2.13. The molecule has 1 atom stereocenters. The van der Waals surface area contributed by atoms with Gasteiger partial charge >= 0.3 is 5.97 Å². The third-order valence-corrected chi connectivity index (χ3v) is 6.25. The molecule has 0 bridgehead atoms. The van der Waals surface area contributed by atoms with Crippen molar-refractivity contribution in [1.82, 2.24) is 4.57 Å². The molecule has 162 valence electrons. The molecule has 1 aromatic heterocycles. The highest BCUT2D eigenvalue weighted by atomic mass is 32.1. The van der Waals surface area contributed by atoms with Crippen LogP contribution in [-0.2, 0) is 14.3 Å². The lowest BCUT2D eigenvalue weighted by atomic mass is 9.83. The molecular formula is C24H21N3O4S. The SMILES string of the molecule is CCOC(=O)C1=c2sc(=Cc3ccccc3)c(=O)n2C(N)=C(C(N)=O)[C@H]1c1ccccc1. The Morgan fingerprint density at radius 3 is 2.28 bits per heavy atom. The number of carbonyl (C=O) groups is 2. The molecule has 0 saturated carbocycles. The number of nitrogens with zero attached hydrogens (tertiary/aromatic N) is 1. The van der Waals surface area contributed by atoms with Crippen molar-refractivity contribution in [2.75, 3.05) is 6.61 Å². The van der Waals surface area contributed by atoms with E-state index in [1.807, 2.05) is 36.4 Å². The quantitative estimate of drug-likeness (QED) is 0.563. The first-order chi connectivity index (χ1) is 15.4. The molecule has 7 nitrogen and oxygen atoms in total. The van der Waals surface area contributed by atoms with Crippen molar-refractivity contribution in [3.8, 4) is 0 Å². The minimum Gasteiger partial charge on any atom is -0.463 e. The average Bonchev–Trinajstić information content (AvgIpc) is 3.10. The standard InChI is InChI=1S/C24H21N3O4S/c1-2-31-24(30)19-17(15-11-7-4-8-12-15)18(21(26)28)20(25)27-22(29)16(32-23(19)27)13-14-9-5-3-6-10-14/h3-13,17H,2,25H2,1H3,(H2,26,28)/t17-/m1/s1. The third kappa shape index (κ3) is 3.65. The molecule has 1 aliphatic rings. The number of primary amides is 1. The molecular weight excluding hydrogens is 426 g/mol. The summed E-state index contributed by atoms with van der Waals surface area (Å²) in [6.45, 7) is 1.82. The molecule has 0 fully saturated rings. The molecule has 0 radical (unpaired) electrons. The van der Waals surface area contributed by atoms with Crippen molar-refractivity contribution in [3.05, 3.63) is 96.9 Å². The number of rotatable bonds is 5. The minimum atomic E-state index is -0.852. The highest BCUT2D eigenvalue weighted by molar-refractivity contribution is 7.07. The fourth-order valence-electron chi connectivity index (χ4n) is 3.78. The number of esters is 1. The number of hydrogen-bond donors (Lipinski definition) is 2. The number of thiazole rings is 1. The second-order valence-corrected chi connectivity index (χ2v) is 8.14. The molecule has 32 heavy (non-hydrogen) atoms. The normalized spacial score (nSPS) is 16.1. The molecule has 1 aliphatic heterocycles. The van der Waals surface area contributed by atoms with E-state index < -0.39 is 23.4 Å². The average molecular weight is 448 g/mol. The van der Waals surface area contributed by atoms with Gasteiger partial charge in [0.1, 0.15) is 10.5 Å². The van der Waals surface area contributed by atoms with Gasteiger partial charge < -0.3 is 16.2 Å². The lowest BCUT2D eigenvalue weighted by Gasteiger charge is -2.26. The van der Waals surface area contributed by atoms with Gasteiger partial charge in [0.05, 0.1) is 28.2 Å². The summed E-state index contributed by atoms with van der Waals surface area (Å²) in [6, 6.07) is 18.3. The summed E-state index contributed by atoms with van der Waals surface area (Å²) in [4.78, 5) is 38.9. The van der Waals surface area contributed by atoms with Gasteiger partial charge in [0, 0.05) is 0 Å². The summed E-state index contributed by atoms with van der Waals surface area (Å²) in [7, 11) is 0. The molecule has 0 aliphatic carbocycles. The zero-order valence-electron chi connectivity index (χ0n) is 17.3. The second-order valence-electron chi connectivity index (χ2n) is 7.11. The van der Waals surface area contributed by atoms with E-state index in [-0.39, 0.29) is 23.6 Å². The summed E-state index contributed by atoms with van der Waals surface area (Å²) in [5.41, 5.74) is 13.2. The van der Waals surface area contributed by atoms with Crippen LogP contribution in [0.2, 0.25) is 0 Å². The number of hydrogen-bond acceptors (Lipinski definition) is 6. The van der Waals surface area contributed by atoms with Crippen molar-refractivity contribution in [2.45, 2.75) is 12.8 Å². The van der Waals surface area contributed by atoms with Crippen LogP contribution in [0.1, 0.15) is 24.0 Å². The first-order valence-corrected chi connectivity index (χ1v) is 10.8. The first kappa shape index (κ1) is 21.3. The highest BCUT2D eigenvalue weighted by Gasteiger charge is 2.38. The van der Waals surface area contributed by atoms with Crippen molar-refractivity contribution in [1.29, 1.82) is 0 Å². The van der Waals surface area contributed by atoms with Gasteiger partial charge in [0.25, 0.3) is 5.56 Å². The van der Waals surface area contributed by atoms with Crippen molar-refractivity contribution in [2.24, 2.45) is 11.5 Å². The van der Waals surface area contributed by atoms with Crippen molar-refractivity contribution < 1.29 is 14.3 Å². The van der Waals surface area contributed by atoms with Crippen LogP contribution in [0.25, 0.3) is 17.5 Å². The number of carbonyl (C=O) groups excluding carboxylic acids is 2. The van der Waals surface area contributed by atoms with Crippen molar-refractivity contribution in [3.63, 3.8) is 0 Å². The van der Waals surface area contributed by atoms with Crippen LogP contribution in [0.15, 0.2) is 71.0 Å². The van der Waals surface area contributed by atoms with E-state index in [9.17, 15) is 14.4 Å². The van der Waals surface area contributed by atoms with Crippen LogP contribution in [-0.4, -0.2) is 23.1 Å². The van der Waals surface area contributed by atoms with E-state index in [1.165, 1.54) is 4.57 Å². The Labute approximate surface area is 187 Å². The summed E-state index contributed by atoms with van der Waals surface area (Å²) in [6.07, 6.45) is 1.72. The summed E-state index contributed by atoms with van der Waals surface area (Å²) < 4.78 is 7.19. The van der Waals surface area contributed by atoms with E-state index in [0.29, 0.717) is 14.8 Å². The Bertz CT molecular complexity index is 1400. The van der Waals surface area contributed by atoms with Gasteiger partial charge in [-0.3, -0.25) is 14.2 Å². The minimum absolute atomic E-state index is 0.0158. The first-order valence-electron chi connectivity index (χ1n) is 9.98. The number of aromatic nitrogens is 1. The Hall–Kier alpha value is -3.91. The van der Waals surface area contributed by atoms with Crippen LogP contribution < -0.4 is 26.2 Å². The van der Waals surface area contributed by atoms with E-state index in [1.54, 1.807) is 37.3 Å². The van der Waals surface area contributed by atoms with Crippen LogP contribution in [0.3, 0.4) is 0 Å². The van der Waals surface area contributed by atoms with Gasteiger partial charge in [-0.15, -0.1) is 11.3 Å². The molecule has 1 amide bonds. The van der Waals surface area contributed by atoms with Gasteiger partial charge in [-0.05, 0) is 24.1 Å². The second kappa shape index (κ2) is 8.68. The maximum atomic E-state index is 13.3. The highest BCUT2D eigenvalue weighted by Crippen LogP contribution is 2.36. The molecule has 4 rings (SSSR count). The van der Waals surface area contributed by atoms with E-state index in [2.05, 4.69) is 0 Å². The molecule has 2 aromatic carbocycles. The molecule has 8 heteroatoms. The van der Waals surface area contributed by atoms with Gasteiger partial charge in [0.2, 0.25) is 5.91 Å². The van der Waals surface area contributed by atoms with Crippen LogP contribution >= 0.6 is 11.3 Å². The lowest BCUT2D eigenvalue weighted by Crippen LogP contribution is -2.42. The van der Waals surface area contributed by atoms with Gasteiger partial charge in [-0.2, -0.15) is 0 Å². The lowest BCUT2D eigenvalue weighted by molar-refractivity contribution is -0.136. The molecule has 0 spiro atoms. The molecule has 0 unspecified atom stereocenters. The maximum Gasteiger partial charge on any atom is 0.337 e. The number of nitrogens with two attached hydrogens (primary N) is 2. The number of ether oxygens (including phenoxy) is 1. The van der Waals surface area contributed by atoms with E-state index >= 15 is 0 Å². The summed E-state index contributed by atoms with van der Waals surface area (Å²) in [5, 5.41) is 0. The van der Waals surface area contributed by atoms with E-state index in [0.717, 1.165) is 16.9 Å². The Kier molecular flexibility index (Phi) is 5.79. The largest absolute Gasteiger partial charge is 0.463 e. The zero-order chi connectivity index (χ0) is 22.8. The molecule has 3 aromatic rings.